The number of nitrogens with one attached hydrogen (secondary N) is 1. The van der Waals surface area contributed by atoms with Crippen LogP contribution in [0.25, 0.3) is 0 Å². The molecule has 0 spiro atoms. The average Bonchev–Trinajstić information content (AvgIpc) is 2.22. The molecule has 0 radical (unpaired) electrons. The molecule has 2 nitrogen and oxygen atoms in total. The fourth-order valence-electron chi connectivity index (χ4n) is 1.63. The van der Waals surface area contributed by atoms with Crippen LogP contribution in [0.2, 0.25) is 0 Å². The molecule has 17 heavy (non-hydrogen) atoms. The van der Waals surface area contributed by atoms with E-state index in [9.17, 15) is 22.1 Å². The number of carbonyl (C=O) groups excluding carboxylic acids is 1. The third-order valence-electron chi connectivity index (χ3n) is 2.42. The first-order valence-corrected chi connectivity index (χ1v) is 5.11. The molecule has 1 unspecified atom stereocenters. The summed E-state index contributed by atoms with van der Waals surface area (Å²) in [4.78, 5) is 12.6. The topological polar surface area (TPSA) is 21.5 Å². The van der Waals surface area contributed by atoms with Crippen molar-refractivity contribution in [3.8, 4) is 0 Å². The number of halogens is 4. The Balaban J connectivity index is 0.000000249. The number of amides is 1. The molecule has 0 saturated heterocycles. The molecule has 1 N–H and O–H groups in total. The maximum absolute atomic E-state index is 11.6. The van der Waals surface area contributed by atoms with Crippen molar-refractivity contribution >= 4 is 13.2 Å². The van der Waals surface area contributed by atoms with Crippen LogP contribution in [0.3, 0.4) is 0 Å². The molecule has 1 aromatic carbocycles. The molecule has 1 atom stereocenters. The average molecular weight is 249 g/mol. The zero-order chi connectivity index (χ0) is 13.1. The number of quaternary nitrogens is 1. The van der Waals surface area contributed by atoms with E-state index in [1.54, 1.807) is 0 Å². The largest absolute Gasteiger partial charge is 0.673 e. The number of hydrogen-bond acceptors (Lipinski definition) is 1. The Morgan fingerprint density at radius 2 is 1.71 bits per heavy atom. The molecule has 1 aromatic rings. The lowest BCUT2D eigenvalue weighted by Gasteiger charge is -2.19. The summed E-state index contributed by atoms with van der Waals surface area (Å²) in [6, 6.07) is 7.88. The van der Waals surface area contributed by atoms with Crippen LogP contribution in [0.15, 0.2) is 24.3 Å². The number of benzene rings is 1. The van der Waals surface area contributed by atoms with Gasteiger partial charge in [-0.15, -0.1) is 0 Å². The lowest BCUT2D eigenvalue weighted by molar-refractivity contribution is -0.792. The maximum Gasteiger partial charge on any atom is 0.673 e. The quantitative estimate of drug-likeness (QED) is 0.541. The van der Waals surface area contributed by atoms with Gasteiger partial charge in [-0.05, 0) is 11.6 Å². The SMILES string of the molecule is C[NH+]1CCc2ccccc2C1=O.F[B-](F)(F)F. The van der Waals surface area contributed by atoms with Crippen molar-refractivity contribution in [1.82, 2.24) is 0 Å². The minimum Gasteiger partial charge on any atom is -0.418 e. The van der Waals surface area contributed by atoms with Crippen molar-refractivity contribution in [3.05, 3.63) is 35.4 Å². The van der Waals surface area contributed by atoms with Gasteiger partial charge in [0, 0.05) is 6.42 Å². The van der Waals surface area contributed by atoms with Crippen LogP contribution in [0, 0.1) is 0 Å². The minimum absolute atomic E-state index is 0.233. The van der Waals surface area contributed by atoms with Crippen molar-refractivity contribution in [3.63, 3.8) is 0 Å². The van der Waals surface area contributed by atoms with E-state index < -0.39 is 7.25 Å². The van der Waals surface area contributed by atoms with E-state index in [0.717, 1.165) is 23.4 Å². The third-order valence-corrected chi connectivity index (χ3v) is 2.42. The molecule has 2 rings (SSSR count). The molecule has 0 aliphatic carbocycles. The third kappa shape index (κ3) is 4.56. The van der Waals surface area contributed by atoms with Crippen molar-refractivity contribution in [2.24, 2.45) is 0 Å². The van der Waals surface area contributed by atoms with E-state index in [1.165, 1.54) is 5.56 Å². The van der Waals surface area contributed by atoms with Gasteiger partial charge in [0.1, 0.15) is 0 Å². The molecule has 0 bridgehead atoms. The second-order valence-electron chi connectivity index (χ2n) is 3.76. The van der Waals surface area contributed by atoms with Crippen LogP contribution in [0.5, 0.6) is 0 Å². The van der Waals surface area contributed by atoms with Gasteiger partial charge in [-0.1, -0.05) is 18.2 Å². The Hall–Kier alpha value is -1.37. The minimum atomic E-state index is -6.00. The number of carbonyl (C=O) groups is 1. The lowest BCUT2D eigenvalue weighted by Crippen LogP contribution is -3.12. The van der Waals surface area contributed by atoms with Crippen molar-refractivity contribution in [2.75, 3.05) is 13.6 Å². The van der Waals surface area contributed by atoms with Crippen LogP contribution in [-0.4, -0.2) is 26.8 Å². The number of fused-ring (bicyclic) bond motifs is 1. The van der Waals surface area contributed by atoms with Gasteiger partial charge < -0.3 is 17.3 Å². The van der Waals surface area contributed by atoms with Gasteiger partial charge >= 0.3 is 13.2 Å². The van der Waals surface area contributed by atoms with E-state index in [4.69, 9.17) is 0 Å². The molecule has 1 aliphatic heterocycles. The Bertz CT molecular complexity index is 402. The first-order chi connectivity index (χ1) is 7.79. The van der Waals surface area contributed by atoms with Crippen LogP contribution in [0.1, 0.15) is 15.9 Å². The zero-order valence-corrected chi connectivity index (χ0v) is 9.22. The van der Waals surface area contributed by atoms with E-state index in [2.05, 4.69) is 0 Å². The maximum atomic E-state index is 11.6. The van der Waals surface area contributed by atoms with Crippen LogP contribution in [0.4, 0.5) is 17.3 Å². The molecule has 1 amide bonds. The van der Waals surface area contributed by atoms with Crippen molar-refractivity contribution < 1.29 is 27.0 Å². The van der Waals surface area contributed by atoms with Gasteiger partial charge in [-0.2, -0.15) is 0 Å². The highest BCUT2D eigenvalue weighted by molar-refractivity contribution is 6.50. The van der Waals surface area contributed by atoms with E-state index in [0.29, 0.717) is 0 Å². The molecule has 0 aromatic heterocycles. The summed E-state index contributed by atoms with van der Waals surface area (Å²) in [6.07, 6.45) is 1.02. The zero-order valence-electron chi connectivity index (χ0n) is 9.22. The van der Waals surface area contributed by atoms with Gasteiger partial charge in [0.15, 0.2) is 0 Å². The highest BCUT2D eigenvalue weighted by atomic mass is 19.5. The van der Waals surface area contributed by atoms with E-state index in [1.807, 2.05) is 31.3 Å². The summed E-state index contributed by atoms with van der Waals surface area (Å²) in [5.41, 5.74) is 2.11. The Kier molecular flexibility index (Phi) is 4.28. The molecular weight excluding hydrogens is 237 g/mol. The summed E-state index contributed by atoms with van der Waals surface area (Å²) < 4.78 is 39.0. The monoisotopic (exact) mass is 249 g/mol. The fourth-order valence-corrected chi connectivity index (χ4v) is 1.63. The molecule has 1 aliphatic rings. The van der Waals surface area contributed by atoms with Crippen LogP contribution < -0.4 is 4.90 Å². The molecule has 7 heteroatoms. The predicted octanol–water partition coefficient (Wildman–Crippen LogP) is 1.20. The summed E-state index contributed by atoms with van der Waals surface area (Å²) >= 11 is 0. The summed E-state index contributed by atoms with van der Waals surface area (Å²) in [5, 5.41) is 0. The van der Waals surface area contributed by atoms with Gasteiger partial charge in [0.25, 0.3) is 0 Å². The summed E-state index contributed by atoms with van der Waals surface area (Å²) in [5.74, 6) is 0.233. The van der Waals surface area contributed by atoms with Crippen LogP contribution in [-0.2, 0) is 6.42 Å². The fraction of sp³-hybridized carbons (Fsp3) is 0.300. The molecular formula is C10H12BF4NO. The first-order valence-electron chi connectivity index (χ1n) is 5.11. The Labute approximate surface area is 96.3 Å². The smallest absolute Gasteiger partial charge is 0.418 e. The van der Waals surface area contributed by atoms with Gasteiger partial charge in [0.05, 0.1) is 19.2 Å². The number of hydrogen-bond donors (Lipinski definition) is 1. The molecule has 0 saturated carbocycles. The predicted molar refractivity (Wildman–Crippen MR) is 56.4 cm³/mol. The van der Waals surface area contributed by atoms with Gasteiger partial charge in [0.2, 0.25) is 0 Å². The van der Waals surface area contributed by atoms with Crippen molar-refractivity contribution in [2.45, 2.75) is 6.42 Å². The van der Waals surface area contributed by atoms with Gasteiger partial charge in [-0.3, -0.25) is 4.90 Å². The highest BCUT2D eigenvalue weighted by Crippen LogP contribution is 2.10. The standard InChI is InChI=1S/C10H11NO.BF4/c1-11-7-6-8-4-2-3-5-9(8)10(11)12;2-1(3,4)5/h2-5H,6-7H2,1H3;/q;-1/p+1. The van der Waals surface area contributed by atoms with Gasteiger partial charge in [-0.25, -0.2) is 4.79 Å². The van der Waals surface area contributed by atoms with E-state index in [-0.39, 0.29) is 5.91 Å². The Morgan fingerprint density at radius 1 is 1.18 bits per heavy atom. The molecule has 0 fully saturated rings. The second-order valence-corrected chi connectivity index (χ2v) is 3.76. The summed E-state index contributed by atoms with van der Waals surface area (Å²) in [7, 11) is -4.07. The first kappa shape index (κ1) is 13.7. The Morgan fingerprint density at radius 3 is 2.29 bits per heavy atom. The number of rotatable bonds is 0. The normalized spacial score (nSPS) is 19.1. The molecule has 1 heterocycles. The number of likely N-dealkylation sites (N-methyl/N-ethyl adjacent to an activating group) is 1. The van der Waals surface area contributed by atoms with Crippen LogP contribution >= 0.6 is 0 Å². The summed E-state index contributed by atoms with van der Waals surface area (Å²) in [6.45, 7) is 0.926. The van der Waals surface area contributed by atoms with Crippen molar-refractivity contribution in [1.29, 1.82) is 0 Å². The van der Waals surface area contributed by atoms with E-state index >= 15 is 0 Å². The second kappa shape index (κ2) is 5.31. The highest BCUT2D eigenvalue weighted by Gasteiger charge is 2.25. The molecule has 94 valence electrons. The lowest BCUT2D eigenvalue weighted by atomic mass is 10.00.